The van der Waals surface area contributed by atoms with E-state index in [2.05, 4.69) is 0 Å². The number of halogens is 3. The number of nitrogens with two attached hydrogens (primary N) is 1. The van der Waals surface area contributed by atoms with Crippen molar-refractivity contribution in [1.82, 2.24) is 0 Å². The zero-order valence-electron chi connectivity index (χ0n) is 9.08. The highest BCUT2D eigenvalue weighted by Crippen LogP contribution is 2.21. The third kappa shape index (κ3) is 2.07. The van der Waals surface area contributed by atoms with Gasteiger partial charge in [-0.1, -0.05) is 6.07 Å². The maximum Gasteiger partial charge on any atom is 0.198 e. The van der Waals surface area contributed by atoms with Gasteiger partial charge in [-0.15, -0.1) is 0 Å². The molecule has 0 amide bonds. The molecule has 0 aromatic heterocycles. The van der Waals surface area contributed by atoms with Crippen LogP contribution in [0.15, 0.2) is 36.4 Å². The number of ketones is 1. The Bertz CT molecular complexity index is 626. The summed E-state index contributed by atoms with van der Waals surface area (Å²) in [5.74, 6) is -3.35. The average Bonchev–Trinajstić information content (AvgIpc) is 2.32. The molecular weight excluding hydrogens is 243 g/mol. The molecule has 2 aromatic rings. The summed E-state index contributed by atoms with van der Waals surface area (Å²) in [6.07, 6.45) is 0. The largest absolute Gasteiger partial charge is 0.396 e. The molecule has 2 aromatic carbocycles. The highest BCUT2D eigenvalue weighted by Gasteiger charge is 2.18. The molecular formula is C13H8F3NO. The standard InChI is InChI=1S/C13H8F3NO/c14-7-4-5-8(11(16)6-7)13(18)9-2-1-3-10(15)12(9)17/h1-6H,17H2. The minimum atomic E-state index is -1.01. The molecule has 18 heavy (non-hydrogen) atoms. The fraction of sp³-hybridized carbons (Fsp3) is 0. The van der Waals surface area contributed by atoms with E-state index < -0.39 is 23.2 Å². The number of rotatable bonds is 2. The Labute approximate surface area is 101 Å². The third-order valence-corrected chi connectivity index (χ3v) is 2.47. The van der Waals surface area contributed by atoms with E-state index in [1.54, 1.807) is 0 Å². The molecule has 0 aliphatic rings. The molecule has 5 heteroatoms. The van der Waals surface area contributed by atoms with Crippen molar-refractivity contribution in [3.63, 3.8) is 0 Å². The van der Waals surface area contributed by atoms with E-state index >= 15 is 0 Å². The second-order valence-electron chi connectivity index (χ2n) is 3.65. The summed E-state index contributed by atoms with van der Waals surface area (Å²) in [5.41, 5.74) is 4.55. The predicted molar refractivity (Wildman–Crippen MR) is 60.6 cm³/mol. The number of hydrogen-bond donors (Lipinski definition) is 1. The van der Waals surface area contributed by atoms with E-state index in [0.717, 1.165) is 18.2 Å². The number of carbonyl (C=O) groups is 1. The summed E-state index contributed by atoms with van der Waals surface area (Å²) in [6, 6.07) is 6.20. The van der Waals surface area contributed by atoms with Crippen molar-refractivity contribution in [1.29, 1.82) is 0 Å². The van der Waals surface area contributed by atoms with Gasteiger partial charge >= 0.3 is 0 Å². The van der Waals surface area contributed by atoms with Crippen LogP contribution in [0.1, 0.15) is 15.9 Å². The summed E-state index contributed by atoms with van der Waals surface area (Å²) in [7, 11) is 0. The van der Waals surface area contributed by atoms with Crippen molar-refractivity contribution in [3.05, 3.63) is 65.0 Å². The van der Waals surface area contributed by atoms with Crippen LogP contribution in [0, 0.1) is 17.5 Å². The van der Waals surface area contributed by atoms with Crippen LogP contribution in [-0.4, -0.2) is 5.78 Å². The van der Waals surface area contributed by atoms with Gasteiger partial charge in [0, 0.05) is 11.6 Å². The lowest BCUT2D eigenvalue weighted by Crippen LogP contribution is -2.09. The number of carbonyl (C=O) groups excluding carboxylic acids is 1. The summed E-state index contributed by atoms with van der Waals surface area (Å²) < 4.78 is 39.3. The van der Waals surface area contributed by atoms with Gasteiger partial charge in [0.2, 0.25) is 0 Å². The molecule has 0 fully saturated rings. The Hall–Kier alpha value is -2.30. The monoisotopic (exact) mass is 251 g/mol. The van der Waals surface area contributed by atoms with E-state index in [-0.39, 0.29) is 16.8 Å². The molecule has 0 spiro atoms. The maximum absolute atomic E-state index is 13.4. The zero-order chi connectivity index (χ0) is 13.3. The molecule has 2 nitrogen and oxygen atoms in total. The SMILES string of the molecule is Nc1c(F)cccc1C(=O)c1ccc(F)cc1F. The average molecular weight is 251 g/mol. The van der Waals surface area contributed by atoms with E-state index in [9.17, 15) is 18.0 Å². The highest BCUT2D eigenvalue weighted by atomic mass is 19.1. The highest BCUT2D eigenvalue weighted by molar-refractivity contribution is 6.12. The Morgan fingerprint density at radius 1 is 0.944 bits per heavy atom. The first kappa shape index (κ1) is 12.2. The van der Waals surface area contributed by atoms with Crippen molar-refractivity contribution in [2.24, 2.45) is 0 Å². The normalized spacial score (nSPS) is 10.4. The zero-order valence-corrected chi connectivity index (χ0v) is 9.08. The lowest BCUT2D eigenvalue weighted by Gasteiger charge is -2.06. The number of anilines is 1. The van der Waals surface area contributed by atoms with Crippen LogP contribution in [0.25, 0.3) is 0 Å². The fourth-order valence-corrected chi connectivity index (χ4v) is 1.55. The van der Waals surface area contributed by atoms with Gasteiger partial charge in [-0.3, -0.25) is 4.79 Å². The minimum absolute atomic E-state index is 0.152. The first-order valence-electron chi connectivity index (χ1n) is 5.04. The van der Waals surface area contributed by atoms with E-state index in [1.807, 2.05) is 0 Å². The Morgan fingerprint density at radius 2 is 1.67 bits per heavy atom. The molecule has 0 bridgehead atoms. The summed E-state index contributed by atoms with van der Waals surface area (Å²) in [6.45, 7) is 0. The first-order valence-corrected chi connectivity index (χ1v) is 5.04. The molecule has 0 radical (unpaired) electrons. The fourth-order valence-electron chi connectivity index (χ4n) is 1.55. The van der Waals surface area contributed by atoms with Crippen LogP contribution in [0.3, 0.4) is 0 Å². The third-order valence-electron chi connectivity index (χ3n) is 2.47. The summed E-state index contributed by atoms with van der Waals surface area (Å²) >= 11 is 0. The number of para-hydroxylation sites is 1. The molecule has 0 aliphatic heterocycles. The molecule has 0 heterocycles. The van der Waals surface area contributed by atoms with Gasteiger partial charge in [-0.05, 0) is 24.3 Å². The maximum atomic E-state index is 13.4. The molecule has 0 unspecified atom stereocenters. The first-order chi connectivity index (χ1) is 8.50. The van der Waals surface area contributed by atoms with E-state index in [0.29, 0.717) is 6.07 Å². The number of hydrogen-bond acceptors (Lipinski definition) is 2. The van der Waals surface area contributed by atoms with Gasteiger partial charge in [-0.25, -0.2) is 13.2 Å². The van der Waals surface area contributed by atoms with E-state index in [1.165, 1.54) is 12.1 Å². The van der Waals surface area contributed by atoms with E-state index in [4.69, 9.17) is 5.73 Å². The Balaban J connectivity index is 2.51. The summed E-state index contributed by atoms with van der Waals surface area (Å²) in [4.78, 5) is 11.9. The Kier molecular flexibility index (Phi) is 3.06. The predicted octanol–water partition coefficient (Wildman–Crippen LogP) is 2.92. The molecule has 92 valence electrons. The van der Waals surface area contributed by atoms with Crippen LogP contribution in [0.5, 0.6) is 0 Å². The van der Waals surface area contributed by atoms with Crippen LogP contribution in [-0.2, 0) is 0 Å². The molecule has 2 N–H and O–H groups in total. The van der Waals surface area contributed by atoms with Crippen LogP contribution in [0.2, 0.25) is 0 Å². The van der Waals surface area contributed by atoms with Crippen molar-refractivity contribution < 1.29 is 18.0 Å². The van der Waals surface area contributed by atoms with Gasteiger partial charge in [0.15, 0.2) is 5.78 Å². The molecule has 0 saturated heterocycles. The number of benzene rings is 2. The van der Waals surface area contributed by atoms with Crippen LogP contribution >= 0.6 is 0 Å². The molecule has 0 atom stereocenters. The van der Waals surface area contributed by atoms with Gasteiger partial charge in [0.25, 0.3) is 0 Å². The van der Waals surface area contributed by atoms with Crippen molar-refractivity contribution in [2.75, 3.05) is 5.73 Å². The van der Waals surface area contributed by atoms with Crippen molar-refractivity contribution in [3.8, 4) is 0 Å². The van der Waals surface area contributed by atoms with Gasteiger partial charge in [0.1, 0.15) is 17.5 Å². The number of nitrogen functional groups attached to an aromatic ring is 1. The van der Waals surface area contributed by atoms with Crippen LogP contribution in [0.4, 0.5) is 18.9 Å². The van der Waals surface area contributed by atoms with Crippen LogP contribution < -0.4 is 5.73 Å². The molecule has 0 saturated carbocycles. The van der Waals surface area contributed by atoms with Crippen molar-refractivity contribution in [2.45, 2.75) is 0 Å². The lowest BCUT2D eigenvalue weighted by molar-refractivity contribution is 0.103. The summed E-state index contributed by atoms with van der Waals surface area (Å²) in [5, 5.41) is 0. The lowest BCUT2D eigenvalue weighted by atomic mass is 10.0. The quantitative estimate of drug-likeness (QED) is 0.658. The second kappa shape index (κ2) is 4.52. The van der Waals surface area contributed by atoms with Gasteiger partial charge < -0.3 is 5.73 Å². The smallest absolute Gasteiger partial charge is 0.198 e. The second-order valence-corrected chi connectivity index (χ2v) is 3.65. The molecule has 0 aliphatic carbocycles. The van der Waals surface area contributed by atoms with Gasteiger partial charge in [0.05, 0.1) is 11.3 Å². The minimum Gasteiger partial charge on any atom is -0.396 e. The van der Waals surface area contributed by atoms with Crippen molar-refractivity contribution >= 4 is 11.5 Å². The molecule has 2 rings (SSSR count). The van der Waals surface area contributed by atoms with Gasteiger partial charge in [-0.2, -0.15) is 0 Å². The Morgan fingerprint density at radius 3 is 2.33 bits per heavy atom. The topological polar surface area (TPSA) is 43.1 Å².